The summed E-state index contributed by atoms with van der Waals surface area (Å²) in [6.07, 6.45) is 4.32. The van der Waals surface area contributed by atoms with Crippen LogP contribution in [-0.4, -0.2) is 30.4 Å². The van der Waals surface area contributed by atoms with Crippen LogP contribution in [0.4, 0.5) is 14.9 Å². The summed E-state index contributed by atoms with van der Waals surface area (Å²) in [6, 6.07) is 11.5. The normalized spacial score (nSPS) is 14.9. The number of likely N-dealkylation sites (N-methyl/N-ethyl adjacent to an activating group) is 1. The molecule has 5 nitrogen and oxygen atoms in total. The zero-order valence-electron chi connectivity index (χ0n) is 17.9. The van der Waals surface area contributed by atoms with Gasteiger partial charge in [-0.25, -0.2) is 9.18 Å². The van der Waals surface area contributed by atoms with Gasteiger partial charge in [-0.05, 0) is 67.5 Å². The van der Waals surface area contributed by atoms with Gasteiger partial charge >= 0.3 is 6.03 Å². The topological polar surface area (TPSA) is 61.4 Å². The number of anilines is 1. The molecule has 3 rings (SSSR count). The van der Waals surface area contributed by atoms with Crippen LogP contribution < -0.4 is 10.6 Å². The highest BCUT2D eigenvalue weighted by molar-refractivity contribution is 5.95. The van der Waals surface area contributed by atoms with Crippen molar-refractivity contribution in [3.05, 3.63) is 65.0 Å². The van der Waals surface area contributed by atoms with Crippen molar-refractivity contribution in [3.8, 4) is 0 Å². The van der Waals surface area contributed by atoms with E-state index in [-0.39, 0.29) is 30.3 Å². The number of amides is 3. The molecule has 2 N–H and O–H groups in total. The summed E-state index contributed by atoms with van der Waals surface area (Å²) in [4.78, 5) is 26.7. The van der Waals surface area contributed by atoms with Crippen molar-refractivity contribution in [2.45, 2.75) is 45.6 Å². The summed E-state index contributed by atoms with van der Waals surface area (Å²) in [7, 11) is 1.61. The van der Waals surface area contributed by atoms with Crippen molar-refractivity contribution in [1.29, 1.82) is 0 Å². The van der Waals surface area contributed by atoms with E-state index in [9.17, 15) is 14.0 Å². The molecule has 2 aromatic rings. The van der Waals surface area contributed by atoms with Gasteiger partial charge in [-0.15, -0.1) is 0 Å². The first-order valence-corrected chi connectivity index (χ1v) is 10.5. The molecule has 30 heavy (non-hydrogen) atoms. The minimum atomic E-state index is -0.313. The highest BCUT2D eigenvalue weighted by Crippen LogP contribution is 2.35. The van der Waals surface area contributed by atoms with Crippen molar-refractivity contribution in [2.75, 3.05) is 18.9 Å². The van der Waals surface area contributed by atoms with Gasteiger partial charge in [0.1, 0.15) is 12.4 Å². The van der Waals surface area contributed by atoms with Gasteiger partial charge in [-0.1, -0.05) is 37.1 Å². The van der Waals surface area contributed by atoms with E-state index in [4.69, 9.17) is 0 Å². The first-order valence-electron chi connectivity index (χ1n) is 10.5. The monoisotopic (exact) mass is 411 g/mol. The van der Waals surface area contributed by atoms with Gasteiger partial charge in [-0.2, -0.15) is 0 Å². The highest BCUT2D eigenvalue weighted by Gasteiger charge is 2.29. The van der Waals surface area contributed by atoms with Crippen LogP contribution in [0.25, 0.3) is 0 Å². The molecule has 6 heteroatoms. The fourth-order valence-corrected chi connectivity index (χ4v) is 4.04. The van der Waals surface area contributed by atoms with E-state index in [0.717, 1.165) is 48.1 Å². The van der Waals surface area contributed by atoms with Gasteiger partial charge < -0.3 is 15.5 Å². The molecule has 2 aromatic carbocycles. The summed E-state index contributed by atoms with van der Waals surface area (Å²) < 4.78 is 13.4. The third kappa shape index (κ3) is 5.38. The zero-order chi connectivity index (χ0) is 21.7. The fourth-order valence-electron chi connectivity index (χ4n) is 4.04. The maximum Gasteiger partial charge on any atom is 0.318 e. The number of carbonyl (C=O) groups is 2. The predicted molar refractivity (Wildman–Crippen MR) is 117 cm³/mol. The van der Waals surface area contributed by atoms with Gasteiger partial charge in [0, 0.05) is 12.7 Å². The Morgan fingerprint density at radius 2 is 1.77 bits per heavy atom. The van der Waals surface area contributed by atoms with E-state index in [1.807, 2.05) is 32.0 Å². The standard InChI is InChI=1S/C24H30FN3O2/c1-16-7-6-10-21(17(16)2)26-22(29)15-28(3)24(30)27-23(18-8-4-5-9-18)19-11-13-20(25)14-12-19/h6-7,10-14,18,23H,4-5,8-9,15H2,1-3H3,(H,26,29)(H,27,30)/t23-/m0/s1. The Balaban J connectivity index is 1.63. The van der Waals surface area contributed by atoms with Crippen LogP contribution in [-0.2, 0) is 4.79 Å². The van der Waals surface area contributed by atoms with Crippen LogP contribution in [0.2, 0.25) is 0 Å². The summed E-state index contributed by atoms with van der Waals surface area (Å²) in [6.45, 7) is 3.89. The largest absolute Gasteiger partial charge is 0.331 e. The van der Waals surface area contributed by atoms with Crippen molar-refractivity contribution in [2.24, 2.45) is 5.92 Å². The van der Waals surface area contributed by atoms with Crippen LogP contribution in [0, 0.1) is 25.6 Å². The summed E-state index contributed by atoms with van der Waals surface area (Å²) >= 11 is 0. The average Bonchev–Trinajstić information content (AvgIpc) is 3.24. The van der Waals surface area contributed by atoms with Crippen LogP contribution in [0.5, 0.6) is 0 Å². The maximum absolute atomic E-state index is 13.4. The first-order chi connectivity index (χ1) is 14.3. The van der Waals surface area contributed by atoms with Gasteiger partial charge in [0.15, 0.2) is 0 Å². The number of hydrogen-bond donors (Lipinski definition) is 2. The van der Waals surface area contributed by atoms with Crippen molar-refractivity contribution in [3.63, 3.8) is 0 Å². The number of benzene rings is 2. The Morgan fingerprint density at radius 3 is 2.43 bits per heavy atom. The molecule has 0 aromatic heterocycles. The lowest BCUT2D eigenvalue weighted by Crippen LogP contribution is -2.44. The van der Waals surface area contributed by atoms with Gasteiger partial charge in [0.2, 0.25) is 5.91 Å². The highest BCUT2D eigenvalue weighted by atomic mass is 19.1. The molecule has 1 aliphatic carbocycles. The first kappa shape index (κ1) is 21.8. The molecule has 1 fully saturated rings. The number of aryl methyl sites for hydroxylation is 1. The number of urea groups is 1. The molecular weight excluding hydrogens is 381 g/mol. The van der Waals surface area contributed by atoms with Crippen LogP contribution in [0.1, 0.15) is 48.4 Å². The molecule has 0 heterocycles. The number of carbonyl (C=O) groups excluding carboxylic acids is 2. The lowest BCUT2D eigenvalue weighted by Gasteiger charge is -2.28. The molecule has 0 saturated heterocycles. The SMILES string of the molecule is Cc1cccc(NC(=O)CN(C)C(=O)N[C@H](c2ccc(F)cc2)C2CCCC2)c1C. The van der Waals surface area contributed by atoms with Crippen molar-refractivity contribution in [1.82, 2.24) is 10.2 Å². The summed E-state index contributed by atoms with van der Waals surface area (Å²) in [5, 5.41) is 5.95. The Labute approximate surface area is 177 Å². The van der Waals surface area contributed by atoms with E-state index < -0.39 is 0 Å². The van der Waals surface area contributed by atoms with Gasteiger partial charge in [-0.3, -0.25) is 4.79 Å². The fraction of sp³-hybridized carbons (Fsp3) is 0.417. The molecule has 0 unspecified atom stereocenters. The number of rotatable bonds is 6. The van der Waals surface area contributed by atoms with E-state index in [0.29, 0.717) is 5.92 Å². The zero-order valence-corrected chi connectivity index (χ0v) is 17.9. The molecule has 0 aliphatic heterocycles. The Morgan fingerprint density at radius 1 is 1.10 bits per heavy atom. The van der Waals surface area contributed by atoms with Crippen molar-refractivity contribution < 1.29 is 14.0 Å². The second-order valence-corrected chi connectivity index (χ2v) is 8.17. The molecule has 0 radical (unpaired) electrons. The maximum atomic E-state index is 13.4. The summed E-state index contributed by atoms with van der Waals surface area (Å²) in [5.74, 6) is -0.229. The number of nitrogens with one attached hydrogen (secondary N) is 2. The van der Waals surface area contributed by atoms with E-state index in [2.05, 4.69) is 10.6 Å². The molecular formula is C24H30FN3O2. The lowest BCUT2D eigenvalue weighted by atomic mass is 9.91. The number of nitrogens with zero attached hydrogens (tertiary/aromatic N) is 1. The van der Waals surface area contributed by atoms with Crippen LogP contribution in [0.3, 0.4) is 0 Å². The second-order valence-electron chi connectivity index (χ2n) is 8.17. The second kappa shape index (κ2) is 9.74. The predicted octanol–water partition coefficient (Wildman–Crippen LogP) is 4.95. The Kier molecular flexibility index (Phi) is 7.08. The van der Waals surface area contributed by atoms with Crippen LogP contribution in [0.15, 0.2) is 42.5 Å². The molecule has 1 saturated carbocycles. The molecule has 1 aliphatic rings. The smallest absolute Gasteiger partial charge is 0.318 e. The average molecular weight is 412 g/mol. The molecule has 3 amide bonds. The third-order valence-electron chi connectivity index (χ3n) is 5.99. The summed E-state index contributed by atoms with van der Waals surface area (Å²) in [5.41, 5.74) is 3.75. The van der Waals surface area contributed by atoms with Gasteiger partial charge in [0.25, 0.3) is 0 Å². The van der Waals surface area contributed by atoms with Gasteiger partial charge in [0.05, 0.1) is 6.04 Å². The molecule has 160 valence electrons. The third-order valence-corrected chi connectivity index (χ3v) is 5.99. The number of hydrogen-bond acceptors (Lipinski definition) is 2. The minimum absolute atomic E-state index is 0.0555. The van der Waals surface area contributed by atoms with E-state index >= 15 is 0 Å². The molecule has 0 spiro atoms. The van der Waals surface area contributed by atoms with Crippen LogP contribution >= 0.6 is 0 Å². The van der Waals surface area contributed by atoms with E-state index in [1.54, 1.807) is 19.2 Å². The minimum Gasteiger partial charge on any atom is -0.331 e. The molecule has 0 bridgehead atoms. The number of halogens is 1. The Bertz CT molecular complexity index is 892. The van der Waals surface area contributed by atoms with E-state index in [1.165, 1.54) is 17.0 Å². The Hall–Kier alpha value is -2.89. The lowest BCUT2D eigenvalue weighted by molar-refractivity contribution is -0.116. The quantitative estimate of drug-likeness (QED) is 0.706. The molecule has 1 atom stereocenters. The van der Waals surface area contributed by atoms with Crippen molar-refractivity contribution >= 4 is 17.6 Å².